The highest BCUT2D eigenvalue weighted by atomic mass is 32.1. The zero-order valence-corrected chi connectivity index (χ0v) is 10.4. The summed E-state index contributed by atoms with van der Waals surface area (Å²) in [5.41, 5.74) is 8.54. The summed E-state index contributed by atoms with van der Waals surface area (Å²) < 4.78 is 0. The Morgan fingerprint density at radius 1 is 1.59 bits per heavy atom. The maximum Gasteiger partial charge on any atom is 0.222 e. The number of amides is 1. The van der Waals surface area contributed by atoms with Crippen LogP contribution in [0.2, 0.25) is 0 Å². The third kappa shape index (κ3) is 2.55. The van der Waals surface area contributed by atoms with E-state index in [-0.39, 0.29) is 11.9 Å². The van der Waals surface area contributed by atoms with Gasteiger partial charge in [0, 0.05) is 24.2 Å². The van der Waals surface area contributed by atoms with Crippen LogP contribution in [0, 0.1) is 6.92 Å². The molecule has 1 amide bonds. The fourth-order valence-corrected chi connectivity index (χ4v) is 2.15. The van der Waals surface area contributed by atoms with Gasteiger partial charge in [0.15, 0.2) is 0 Å². The lowest BCUT2D eigenvalue weighted by Gasteiger charge is -2.17. The summed E-state index contributed by atoms with van der Waals surface area (Å²) >= 11 is 5.03. The Bertz CT molecular complexity index is 473. The van der Waals surface area contributed by atoms with Gasteiger partial charge in [-0.25, -0.2) is 0 Å². The van der Waals surface area contributed by atoms with Crippen molar-refractivity contribution in [3.63, 3.8) is 0 Å². The second-order valence-corrected chi connectivity index (χ2v) is 4.65. The Morgan fingerprint density at radius 2 is 2.35 bits per heavy atom. The Kier molecular flexibility index (Phi) is 3.28. The minimum Gasteiger partial charge on any atom is -0.389 e. The first-order valence-corrected chi connectivity index (χ1v) is 5.91. The van der Waals surface area contributed by atoms with Crippen LogP contribution in [0.15, 0.2) is 18.2 Å². The van der Waals surface area contributed by atoms with Crippen LogP contribution >= 0.6 is 12.2 Å². The predicted octanol–water partition coefficient (Wildman–Crippen LogP) is 0.930. The van der Waals surface area contributed by atoms with E-state index in [2.05, 4.69) is 10.6 Å². The van der Waals surface area contributed by atoms with Gasteiger partial charge in [-0.1, -0.05) is 24.4 Å². The number of anilines is 1. The third-order valence-corrected chi connectivity index (χ3v) is 3.08. The molecule has 4 nitrogen and oxygen atoms in total. The number of benzene rings is 1. The van der Waals surface area contributed by atoms with Gasteiger partial charge >= 0.3 is 0 Å². The summed E-state index contributed by atoms with van der Waals surface area (Å²) in [4.78, 5) is 11.5. The second-order valence-electron chi connectivity index (χ2n) is 4.21. The average molecular weight is 249 g/mol. The molecule has 1 unspecified atom stereocenters. The summed E-state index contributed by atoms with van der Waals surface area (Å²) in [5.74, 6) is 0.0768. The molecule has 0 aromatic heterocycles. The molecular weight excluding hydrogens is 234 g/mol. The highest BCUT2D eigenvalue weighted by Gasteiger charge is 2.22. The van der Waals surface area contributed by atoms with Gasteiger partial charge in [-0.05, 0) is 18.6 Å². The fourth-order valence-electron chi connectivity index (χ4n) is 1.98. The van der Waals surface area contributed by atoms with E-state index in [1.165, 1.54) is 0 Å². The van der Waals surface area contributed by atoms with Crippen LogP contribution in [0.1, 0.15) is 17.5 Å². The molecule has 1 fully saturated rings. The molecule has 0 radical (unpaired) electrons. The Morgan fingerprint density at radius 3 is 2.94 bits per heavy atom. The quantitative estimate of drug-likeness (QED) is 0.697. The zero-order chi connectivity index (χ0) is 12.4. The lowest BCUT2D eigenvalue weighted by molar-refractivity contribution is -0.119. The van der Waals surface area contributed by atoms with Crippen molar-refractivity contribution in [1.82, 2.24) is 5.32 Å². The molecule has 1 saturated heterocycles. The molecule has 4 N–H and O–H groups in total. The molecule has 17 heavy (non-hydrogen) atoms. The summed E-state index contributed by atoms with van der Waals surface area (Å²) in [7, 11) is 0. The van der Waals surface area contributed by atoms with E-state index in [4.69, 9.17) is 18.0 Å². The van der Waals surface area contributed by atoms with Crippen molar-refractivity contribution in [1.29, 1.82) is 0 Å². The number of para-hydroxylation sites is 1. The largest absolute Gasteiger partial charge is 0.389 e. The number of hydrogen-bond acceptors (Lipinski definition) is 3. The van der Waals surface area contributed by atoms with Crippen LogP contribution in [0.5, 0.6) is 0 Å². The van der Waals surface area contributed by atoms with Crippen molar-refractivity contribution in [3.8, 4) is 0 Å². The molecule has 1 atom stereocenters. The summed E-state index contributed by atoms with van der Waals surface area (Å²) in [5, 5.41) is 6.13. The highest BCUT2D eigenvalue weighted by Crippen LogP contribution is 2.22. The molecule has 1 aromatic carbocycles. The Labute approximate surface area is 106 Å². The van der Waals surface area contributed by atoms with Crippen molar-refractivity contribution in [2.24, 2.45) is 5.73 Å². The molecule has 1 aliphatic rings. The summed E-state index contributed by atoms with van der Waals surface area (Å²) in [6.07, 6.45) is 0.491. The molecule has 1 heterocycles. The van der Waals surface area contributed by atoms with Gasteiger partial charge in [-0.15, -0.1) is 0 Å². The van der Waals surface area contributed by atoms with E-state index in [0.717, 1.165) is 16.8 Å². The normalized spacial score (nSPS) is 18.9. The van der Waals surface area contributed by atoms with Crippen LogP contribution < -0.4 is 16.4 Å². The maximum atomic E-state index is 11.1. The lowest BCUT2D eigenvalue weighted by Crippen LogP contribution is -2.25. The van der Waals surface area contributed by atoms with Gasteiger partial charge in [0.2, 0.25) is 5.91 Å². The summed E-state index contributed by atoms with van der Waals surface area (Å²) in [6.45, 7) is 2.64. The van der Waals surface area contributed by atoms with Crippen molar-refractivity contribution >= 4 is 28.8 Å². The molecular formula is C12H15N3OS. The van der Waals surface area contributed by atoms with Crippen molar-refractivity contribution in [2.75, 3.05) is 11.9 Å². The minimum atomic E-state index is 0.0768. The van der Waals surface area contributed by atoms with Gasteiger partial charge in [0.1, 0.15) is 4.99 Å². The molecule has 1 aromatic rings. The summed E-state index contributed by atoms with van der Waals surface area (Å²) in [6, 6.07) is 5.92. The third-order valence-electron chi connectivity index (χ3n) is 2.86. The number of thiocarbonyl (C=S) groups is 1. The number of carbonyl (C=O) groups excluding carboxylic acids is 1. The molecule has 0 spiro atoms. The van der Waals surface area contributed by atoms with Gasteiger partial charge in [0.25, 0.3) is 0 Å². The highest BCUT2D eigenvalue weighted by molar-refractivity contribution is 7.80. The van der Waals surface area contributed by atoms with E-state index in [9.17, 15) is 4.79 Å². The molecule has 5 heteroatoms. The fraction of sp³-hybridized carbons (Fsp3) is 0.333. The first-order chi connectivity index (χ1) is 8.08. The van der Waals surface area contributed by atoms with E-state index >= 15 is 0 Å². The second kappa shape index (κ2) is 4.71. The number of nitrogens with two attached hydrogens (primary N) is 1. The standard InChI is InChI=1S/C12H15N3OS/c1-7-3-2-4-9(12(13)17)11(7)15-8-5-10(16)14-6-8/h2-4,8,15H,5-6H2,1H3,(H2,13,17)(H,14,16). The van der Waals surface area contributed by atoms with E-state index in [0.29, 0.717) is 18.0 Å². The number of hydrogen-bond donors (Lipinski definition) is 3. The number of carbonyl (C=O) groups is 1. The van der Waals surface area contributed by atoms with Gasteiger partial charge in [0.05, 0.1) is 6.04 Å². The molecule has 0 bridgehead atoms. The van der Waals surface area contributed by atoms with Crippen molar-refractivity contribution in [2.45, 2.75) is 19.4 Å². The number of rotatable bonds is 3. The molecule has 0 saturated carbocycles. The molecule has 2 rings (SSSR count). The molecule has 1 aliphatic heterocycles. The Balaban J connectivity index is 2.25. The van der Waals surface area contributed by atoms with Gasteiger partial charge < -0.3 is 16.4 Å². The monoisotopic (exact) mass is 249 g/mol. The smallest absolute Gasteiger partial charge is 0.222 e. The lowest BCUT2D eigenvalue weighted by atomic mass is 10.1. The van der Waals surface area contributed by atoms with Gasteiger partial charge in [-0.3, -0.25) is 4.79 Å². The molecule has 0 aliphatic carbocycles. The van der Waals surface area contributed by atoms with E-state index < -0.39 is 0 Å². The van der Waals surface area contributed by atoms with Crippen LogP contribution in [0.25, 0.3) is 0 Å². The first kappa shape index (κ1) is 11.9. The zero-order valence-electron chi connectivity index (χ0n) is 9.62. The minimum absolute atomic E-state index is 0.0768. The van der Waals surface area contributed by atoms with E-state index in [1.54, 1.807) is 0 Å². The Hall–Kier alpha value is -1.62. The van der Waals surface area contributed by atoms with Crippen LogP contribution in [-0.2, 0) is 4.79 Å². The van der Waals surface area contributed by atoms with Crippen LogP contribution in [0.4, 0.5) is 5.69 Å². The van der Waals surface area contributed by atoms with Crippen LogP contribution in [-0.4, -0.2) is 23.5 Å². The van der Waals surface area contributed by atoms with Crippen molar-refractivity contribution < 1.29 is 4.79 Å². The average Bonchev–Trinajstić information content (AvgIpc) is 2.67. The van der Waals surface area contributed by atoms with Crippen molar-refractivity contribution in [3.05, 3.63) is 29.3 Å². The first-order valence-electron chi connectivity index (χ1n) is 5.50. The SMILES string of the molecule is Cc1cccc(C(N)=S)c1NC1CNC(=O)C1. The van der Waals surface area contributed by atoms with E-state index in [1.807, 2.05) is 25.1 Å². The number of aryl methyl sites for hydroxylation is 1. The molecule has 90 valence electrons. The maximum absolute atomic E-state index is 11.1. The van der Waals surface area contributed by atoms with Gasteiger partial charge in [-0.2, -0.15) is 0 Å². The van der Waals surface area contributed by atoms with Crippen LogP contribution in [0.3, 0.4) is 0 Å². The topological polar surface area (TPSA) is 67.2 Å². The number of nitrogens with one attached hydrogen (secondary N) is 2. The predicted molar refractivity (Wildman–Crippen MR) is 72.1 cm³/mol.